The third kappa shape index (κ3) is 2.63. The van der Waals surface area contributed by atoms with Crippen molar-refractivity contribution in [2.24, 2.45) is 11.7 Å². The second kappa shape index (κ2) is 5.62. The molecule has 1 fully saturated rings. The smallest absolute Gasteiger partial charge is 0.113 e. The van der Waals surface area contributed by atoms with Crippen molar-refractivity contribution in [2.45, 2.75) is 44.6 Å². The largest absolute Gasteiger partial charge is 0.319 e. The molecule has 0 aromatic carbocycles. The van der Waals surface area contributed by atoms with Crippen LogP contribution in [0, 0.1) is 5.92 Å². The molecule has 4 heteroatoms. The molecule has 106 valence electrons. The van der Waals surface area contributed by atoms with Crippen LogP contribution in [0.15, 0.2) is 29.8 Å². The maximum atomic E-state index is 6.62. The van der Waals surface area contributed by atoms with E-state index in [0.717, 1.165) is 35.2 Å². The van der Waals surface area contributed by atoms with Gasteiger partial charge in [0, 0.05) is 11.6 Å². The van der Waals surface area contributed by atoms with Crippen LogP contribution in [0.5, 0.6) is 0 Å². The SMILES string of the molecule is CCC1CCC(N)(c2nc(-c3ccccn3)cs2)CC1. The molecule has 1 aliphatic carbocycles. The van der Waals surface area contributed by atoms with Gasteiger partial charge in [0.1, 0.15) is 5.01 Å². The predicted molar refractivity (Wildman–Crippen MR) is 83.5 cm³/mol. The molecular weight excluding hydrogens is 266 g/mol. The Balaban J connectivity index is 1.80. The summed E-state index contributed by atoms with van der Waals surface area (Å²) in [5.74, 6) is 0.849. The van der Waals surface area contributed by atoms with E-state index in [9.17, 15) is 0 Å². The molecule has 0 radical (unpaired) electrons. The molecule has 3 rings (SSSR count). The van der Waals surface area contributed by atoms with E-state index in [4.69, 9.17) is 10.7 Å². The Morgan fingerprint density at radius 3 is 2.75 bits per heavy atom. The number of nitrogens with two attached hydrogens (primary N) is 1. The zero-order chi connectivity index (χ0) is 14.0. The lowest BCUT2D eigenvalue weighted by atomic mass is 9.76. The molecule has 0 bridgehead atoms. The Labute approximate surface area is 124 Å². The third-order valence-corrected chi connectivity index (χ3v) is 5.49. The molecule has 1 aliphatic rings. The van der Waals surface area contributed by atoms with Gasteiger partial charge in [0.25, 0.3) is 0 Å². The van der Waals surface area contributed by atoms with Crippen molar-refractivity contribution < 1.29 is 0 Å². The van der Waals surface area contributed by atoms with E-state index in [1.807, 2.05) is 18.2 Å². The van der Waals surface area contributed by atoms with E-state index in [1.165, 1.54) is 19.3 Å². The lowest BCUT2D eigenvalue weighted by Gasteiger charge is -2.35. The number of nitrogens with zero attached hydrogens (tertiary/aromatic N) is 2. The molecule has 0 amide bonds. The summed E-state index contributed by atoms with van der Waals surface area (Å²) in [5.41, 5.74) is 8.28. The molecule has 1 saturated carbocycles. The van der Waals surface area contributed by atoms with E-state index in [1.54, 1.807) is 17.5 Å². The Hall–Kier alpha value is -1.26. The first-order valence-electron chi connectivity index (χ1n) is 7.37. The topological polar surface area (TPSA) is 51.8 Å². The zero-order valence-electron chi connectivity index (χ0n) is 11.9. The first kappa shape index (κ1) is 13.7. The van der Waals surface area contributed by atoms with E-state index >= 15 is 0 Å². The number of hydrogen-bond acceptors (Lipinski definition) is 4. The summed E-state index contributed by atoms with van der Waals surface area (Å²) in [6, 6.07) is 5.91. The molecule has 2 aromatic rings. The molecule has 20 heavy (non-hydrogen) atoms. The lowest BCUT2D eigenvalue weighted by molar-refractivity contribution is 0.231. The van der Waals surface area contributed by atoms with Crippen molar-refractivity contribution in [1.29, 1.82) is 0 Å². The highest BCUT2D eigenvalue weighted by atomic mass is 32.1. The van der Waals surface area contributed by atoms with Gasteiger partial charge in [-0.05, 0) is 43.7 Å². The Morgan fingerprint density at radius 1 is 1.30 bits per heavy atom. The van der Waals surface area contributed by atoms with Crippen molar-refractivity contribution in [2.75, 3.05) is 0 Å². The molecule has 0 spiro atoms. The summed E-state index contributed by atoms with van der Waals surface area (Å²) < 4.78 is 0. The van der Waals surface area contributed by atoms with Crippen molar-refractivity contribution in [3.05, 3.63) is 34.8 Å². The Kier molecular flexibility index (Phi) is 3.85. The van der Waals surface area contributed by atoms with Crippen LogP contribution in [0.25, 0.3) is 11.4 Å². The maximum absolute atomic E-state index is 6.62. The molecule has 2 heterocycles. The van der Waals surface area contributed by atoms with Gasteiger partial charge < -0.3 is 5.73 Å². The molecule has 2 N–H and O–H groups in total. The van der Waals surface area contributed by atoms with Crippen LogP contribution in [-0.4, -0.2) is 9.97 Å². The quantitative estimate of drug-likeness (QED) is 0.929. The molecular formula is C16H21N3S. The standard InChI is InChI=1S/C16H21N3S/c1-2-12-6-8-16(17,9-7-12)15-19-14(11-20-15)13-5-3-4-10-18-13/h3-5,10-12H,2,6-9,17H2,1H3. The minimum atomic E-state index is -0.219. The van der Waals surface area contributed by atoms with Gasteiger partial charge in [-0.15, -0.1) is 11.3 Å². The highest BCUT2D eigenvalue weighted by molar-refractivity contribution is 7.10. The maximum Gasteiger partial charge on any atom is 0.113 e. The minimum Gasteiger partial charge on any atom is -0.319 e. The van der Waals surface area contributed by atoms with Crippen LogP contribution in [0.3, 0.4) is 0 Å². The monoisotopic (exact) mass is 287 g/mol. The van der Waals surface area contributed by atoms with Crippen molar-refractivity contribution in [3.8, 4) is 11.4 Å². The van der Waals surface area contributed by atoms with Gasteiger partial charge in [0.05, 0.1) is 16.9 Å². The molecule has 0 saturated heterocycles. The summed E-state index contributed by atoms with van der Waals surface area (Å²) in [6.07, 6.45) is 7.64. The fraction of sp³-hybridized carbons (Fsp3) is 0.500. The first-order chi connectivity index (χ1) is 9.71. The summed E-state index contributed by atoms with van der Waals surface area (Å²) in [7, 11) is 0. The normalized spacial score (nSPS) is 26.6. The first-order valence-corrected chi connectivity index (χ1v) is 8.25. The van der Waals surface area contributed by atoms with E-state index in [-0.39, 0.29) is 5.54 Å². The Morgan fingerprint density at radius 2 is 2.10 bits per heavy atom. The highest BCUT2D eigenvalue weighted by Crippen LogP contribution is 2.40. The van der Waals surface area contributed by atoms with Gasteiger partial charge in [0.2, 0.25) is 0 Å². The van der Waals surface area contributed by atoms with Crippen molar-refractivity contribution in [3.63, 3.8) is 0 Å². The van der Waals surface area contributed by atoms with Gasteiger partial charge in [0.15, 0.2) is 0 Å². The average Bonchev–Trinajstić information content (AvgIpc) is 3.00. The van der Waals surface area contributed by atoms with Gasteiger partial charge in [-0.2, -0.15) is 0 Å². The third-order valence-electron chi connectivity index (χ3n) is 4.43. The van der Waals surface area contributed by atoms with Crippen LogP contribution in [-0.2, 0) is 5.54 Å². The number of rotatable bonds is 3. The minimum absolute atomic E-state index is 0.219. The lowest BCUT2D eigenvalue weighted by Crippen LogP contribution is -2.40. The summed E-state index contributed by atoms with van der Waals surface area (Å²) >= 11 is 1.68. The molecule has 0 atom stereocenters. The van der Waals surface area contributed by atoms with Crippen molar-refractivity contribution in [1.82, 2.24) is 9.97 Å². The van der Waals surface area contributed by atoms with Gasteiger partial charge in [-0.1, -0.05) is 19.4 Å². The number of pyridine rings is 1. The van der Waals surface area contributed by atoms with Crippen molar-refractivity contribution >= 4 is 11.3 Å². The van der Waals surface area contributed by atoms with Gasteiger partial charge in [-0.25, -0.2) is 4.98 Å². The number of hydrogen-bond donors (Lipinski definition) is 1. The van der Waals surface area contributed by atoms with E-state index < -0.39 is 0 Å². The average molecular weight is 287 g/mol. The fourth-order valence-electron chi connectivity index (χ4n) is 2.95. The highest BCUT2D eigenvalue weighted by Gasteiger charge is 2.35. The van der Waals surface area contributed by atoms with Gasteiger partial charge >= 0.3 is 0 Å². The number of aromatic nitrogens is 2. The van der Waals surface area contributed by atoms with E-state index in [2.05, 4.69) is 17.3 Å². The van der Waals surface area contributed by atoms with Crippen LogP contribution >= 0.6 is 11.3 Å². The second-order valence-corrected chi connectivity index (χ2v) is 6.62. The summed E-state index contributed by atoms with van der Waals surface area (Å²) in [4.78, 5) is 9.12. The number of thiazole rings is 1. The second-order valence-electron chi connectivity index (χ2n) is 5.76. The van der Waals surface area contributed by atoms with Crippen LogP contribution in [0.4, 0.5) is 0 Å². The summed E-state index contributed by atoms with van der Waals surface area (Å²) in [6.45, 7) is 2.27. The predicted octanol–water partition coefficient (Wildman–Crippen LogP) is 3.96. The fourth-order valence-corrected chi connectivity index (χ4v) is 3.94. The Bertz CT molecular complexity index is 556. The molecule has 2 aromatic heterocycles. The summed E-state index contributed by atoms with van der Waals surface area (Å²) in [5, 5.41) is 3.16. The molecule has 0 unspecified atom stereocenters. The van der Waals surface area contributed by atoms with Gasteiger partial charge in [-0.3, -0.25) is 4.98 Å². The van der Waals surface area contributed by atoms with Crippen LogP contribution in [0.2, 0.25) is 0 Å². The van der Waals surface area contributed by atoms with Crippen LogP contribution < -0.4 is 5.73 Å². The van der Waals surface area contributed by atoms with E-state index in [0.29, 0.717) is 0 Å². The molecule has 3 nitrogen and oxygen atoms in total. The molecule has 0 aliphatic heterocycles. The zero-order valence-corrected chi connectivity index (χ0v) is 12.7. The van der Waals surface area contributed by atoms with Crippen LogP contribution in [0.1, 0.15) is 44.0 Å².